The lowest BCUT2D eigenvalue weighted by Gasteiger charge is -2.27. The van der Waals surface area contributed by atoms with Crippen molar-refractivity contribution in [1.29, 1.82) is 0 Å². The highest BCUT2D eigenvalue weighted by molar-refractivity contribution is 6.52. The summed E-state index contributed by atoms with van der Waals surface area (Å²) in [6.45, 7) is 3.94. The number of aliphatic hydroxyl groups is 1. The van der Waals surface area contributed by atoms with E-state index < -0.39 is 17.7 Å². The molecule has 1 unspecified atom stereocenters. The summed E-state index contributed by atoms with van der Waals surface area (Å²) in [4.78, 5) is 28.4. The van der Waals surface area contributed by atoms with Gasteiger partial charge < -0.3 is 14.9 Å². The zero-order chi connectivity index (χ0) is 26.3. The highest BCUT2D eigenvalue weighted by atomic mass is 35.5. The highest BCUT2D eigenvalue weighted by Crippen LogP contribution is 2.45. The first-order chi connectivity index (χ1) is 17.8. The lowest BCUT2D eigenvalue weighted by molar-refractivity contribution is -0.132. The average molecular weight is 518 g/mol. The van der Waals surface area contributed by atoms with E-state index >= 15 is 0 Å². The third-order valence-corrected chi connectivity index (χ3v) is 7.33. The minimum Gasteiger partial charge on any atom is -0.507 e. The van der Waals surface area contributed by atoms with Crippen molar-refractivity contribution in [2.45, 2.75) is 45.6 Å². The monoisotopic (exact) mass is 517 g/mol. The number of hydrogen-bond acceptors (Lipinski definition) is 5. The summed E-state index contributed by atoms with van der Waals surface area (Å²) in [5.74, 6) is -1.62. The first-order valence-electron chi connectivity index (χ1n) is 12.4. The van der Waals surface area contributed by atoms with Crippen LogP contribution >= 0.6 is 11.6 Å². The van der Waals surface area contributed by atoms with Gasteiger partial charge in [0.05, 0.1) is 18.2 Å². The van der Waals surface area contributed by atoms with Crippen LogP contribution in [-0.4, -0.2) is 28.5 Å². The van der Waals surface area contributed by atoms with E-state index in [-0.39, 0.29) is 22.8 Å². The molecule has 7 heteroatoms. The fraction of sp³-hybridized carbons (Fsp3) is 0.267. The molecule has 1 atom stereocenters. The molecule has 1 saturated heterocycles. The molecule has 2 aliphatic rings. The van der Waals surface area contributed by atoms with Crippen molar-refractivity contribution in [2.24, 2.45) is 0 Å². The summed E-state index contributed by atoms with van der Waals surface area (Å²) < 4.78 is 5.58. The second-order valence-corrected chi connectivity index (χ2v) is 9.89. The number of ether oxygens (including phenoxy) is 1. The van der Waals surface area contributed by atoms with Crippen molar-refractivity contribution in [3.63, 3.8) is 0 Å². The molecule has 2 N–H and O–H groups in total. The van der Waals surface area contributed by atoms with Gasteiger partial charge in [-0.2, -0.15) is 0 Å². The van der Waals surface area contributed by atoms with Crippen LogP contribution in [0.2, 0.25) is 5.02 Å². The number of carbonyl (C=O) groups is 2. The number of aromatic hydroxyl groups is 1. The quantitative estimate of drug-likeness (QED) is 0.237. The Morgan fingerprint density at radius 1 is 1.03 bits per heavy atom. The molecular weight excluding hydrogens is 490 g/mol. The first kappa shape index (κ1) is 24.9. The second-order valence-electron chi connectivity index (χ2n) is 9.45. The van der Waals surface area contributed by atoms with Crippen LogP contribution in [0, 0.1) is 6.92 Å². The molecule has 6 nitrogen and oxygen atoms in total. The van der Waals surface area contributed by atoms with Crippen molar-refractivity contribution in [1.82, 2.24) is 0 Å². The molecule has 0 bridgehead atoms. The van der Waals surface area contributed by atoms with Crippen molar-refractivity contribution >= 4 is 34.7 Å². The molecule has 1 heterocycles. The van der Waals surface area contributed by atoms with Gasteiger partial charge in [-0.15, -0.1) is 0 Å². The maximum Gasteiger partial charge on any atom is 0.300 e. The van der Waals surface area contributed by atoms with Crippen molar-refractivity contribution in [3.8, 4) is 11.5 Å². The minimum atomic E-state index is -0.951. The SMILES string of the molecule is CCOc1cc(C2/C(=C(\O)c3ccc4c(c3)CCCC4)C(=O)C(=O)N2c2cc(Cl)ccc2C)ccc1O. The van der Waals surface area contributed by atoms with Gasteiger partial charge in [-0.1, -0.05) is 35.9 Å². The van der Waals surface area contributed by atoms with E-state index in [1.165, 1.54) is 16.5 Å². The van der Waals surface area contributed by atoms with Gasteiger partial charge in [0, 0.05) is 16.3 Å². The Labute approximate surface area is 220 Å². The van der Waals surface area contributed by atoms with E-state index in [9.17, 15) is 19.8 Å². The third kappa shape index (κ3) is 4.46. The van der Waals surface area contributed by atoms with Crippen LogP contribution in [0.3, 0.4) is 0 Å². The number of anilines is 1. The highest BCUT2D eigenvalue weighted by Gasteiger charge is 2.47. The van der Waals surface area contributed by atoms with Crippen LogP contribution in [0.4, 0.5) is 5.69 Å². The Morgan fingerprint density at radius 2 is 1.78 bits per heavy atom. The zero-order valence-corrected chi connectivity index (χ0v) is 21.5. The predicted octanol–water partition coefficient (Wildman–Crippen LogP) is 6.26. The minimum absolute atomic E-state index is 0.0201. The molecule has 0 radical (unpaired) electrons. The summed E-state index contributed by atoms with van der Waals surface area (Å²) in [5, 5.41) is 22.2. The topological polar surface area (TPSA) is 87.1 Å². The number of hydrogen-bond donors (Lipinski definition) is 2. The Hall–Kier alpha value is -3.77. The number of nitrogens with zero attached hydrogens (tertiary/aromatic N) is 1. The van der Waals surface area contributed by atoms with E-state index in [1.54, 1.807) is 43.3 Å². The maximum absolute atomic E-state index is 13.5. The number of aryl methyl sites for hydroxylation is 3. The van der Waals surface area contributed by atoms with Crippen LogP contribution in [0.15, 0.2) is 60.2 Å². The van der Waals surface area contributed by atoms with Gasteiger partial charge in [0.25, 0.3) is 11.7 Å². The van der Waals surface area contributed by atoms with Gasteiger partial charge in [-0.05, 0) is 92.1 Å². The number of carbonyl (C=O) groups excluding carboxylic acids is 2. The number of phenols is 1. The Balaban J connectivity index is 1.73. The lowest BCUT2D eigenvalue weighted by atomic mass is 9.88. The Morgan fingerprint density at radius 3 is 2.54 bits per heavy atom. The molecule has 0 aromatic heterocycles. The summed E-state index contributed by atoms with van der Waals surface area (Å²) in [6.07, 6.45) is 4.10. The average Bonchev–Trinajstić information content (AvgIpc) is 3.16. The van der Waals surface area contributed by atoms with E-state index in [0.717, 1.165) is 36.8 Å². The molecule has 1 aliphatic carbocycles. The molecule has 5 rings (SSSR count). The Kier molecular flexibility index (Phi) is 6.69. The summed E-state index contributed by atoms with van der Waals surface area (Å²) >= 11 is 6.29. The normalized spacial score (nSPS) is 18.7. The molecule has 0 spiro atoms. The summed E-state index contributed by atoms with van der Waals surface area (Å²) in [5.41, 5.74) is 4.59. The second kappa shape index (κ2) is 9.94. The van der Waals surface area contributed by atoms with E-state index in [1.807, 2.05) is 19.1 Å². The number of ketones is 1. The summed E-state index contributed by atoms with van der Waals surface area (Å²) in [6, 6.07) is 14.6. The van der Waals surface area contributed by atoms with Crippen LogP contribution in [0.25, 0.3) is 5.76 Å². The van der Waals surface area contributed by atoms with Crippen molar-refractivity contribution < 1.29 is 24.5 Å². The van der Waals surface area contributed by atoms with Crippen LogP contribution < -0.4 is 9.64 Å². The third-order valence-electron chi connectivity index (χ3n) is 7.10. The number of aliphatic hydroxyl groups excluding tert-OH is 1. The number of Topliss-reactive ketones (excluding diaryl/α,β-unsaturated/α-hetero) is 1. The van der Waals surface area contributed by atoms with Crippen molar-refractivity contribution in [3.05, 3.63) is 93.0 Å². The molecule has 37 heavy (non-hydrogen) atoms. The standard InChI is InChI=1S/C30H28ClNO5/c1-3-37-25-15-20(11-13-24(25)33)27-26(28(34)21-10-9-18-6-4-5-7-19(18)14-21)29(35)30(36)32(27)23-16-22(31)12-8-17(23)2/h8-16,27,33-34H,3-7H2,1-2H3/b28-26+. The molecule has 1 amide bonds. The number of rotatable bonds is 5. The van der Waals surface area contributed by atoms with Gasteiger partial charge in [0.1, 0.15) is 5.76 Å². The molecule has 1 aliphatic heterocycles. The van der Waals surface area contributed by atoms with E-state index in [0.29, 0.717) is 28.4 Å². The molecule has 3 aromatic rings. The smallest absolute Gasteiger partial charge is 0.300 e. The summed E-state index contributed by atoms with van der Waals surface area (Å²) in [7, 11) is 0. The van der Waals surface area contributed by atoms with Gasteiger partial charge in [0.15, 0.2) is 11.5 Å². The number of amides is 1. The molecule has 0 saturated carbocycles. The van der Waals surface area contributed by atoms with Crippen molar-refractivity contribution in [2.75, 3.05) is 11.5 Å². The van der Waals surface area contributed by atoms with Crippen LogP contribution in [-0.2, 0) is 22.4 Å². The molecule has 1 fully saturated rings. The van der Waals surface area contributed by atoms with Crippen LogP contribution in [0.1, 0.15) is 53.6 Å². The number of benzene rings is 3. The molecular formula is C30H28ClNO5. The van der Waals surface area contributed by atoms with Gasteiger partial charge in [-0.3, -0.25) is 14.5 Å². The fourth-order valence-electron chi connectivity index (χ4n) is 5.25. The number of halogens is 1. The lowest BCUT2D eigenvalue weighted by Crippen LogP contribution is -2.30. The van der Waals surface area contributed by atoms with Crippen LogP contribution in [0.5, 0.6) is 11.5 Å². The van der Waals surface area contributed by atoms with Gasteiger partial charge >= 0.3 is 0 Å². The predicted molar refractivity (Wildman–Crippen MR) is 143 cm³/mol. The molecule has 190 valence electrons. The van der Waals surface area contributed by atoms with Gasteiger partial charge in [0.2, 0.25) is 0 Å². The Bertz CT molecular complexity index is 1440. The van der Waals surface area contributed by atoms with Gasteiger partial charge in [-0.25, -0.2) is 0 Å². The largest absolute Gasteiger partial charge is 0.507 e. The van der Waals surface area contributed by atoms with E-state index in [2.05, 4.69) is 0 Å². The fourth-order valence-corrected chi connectivity index (χ4v) is 5.41. The maximum atomic E-state index is 13.5. The number of fused-ring (bicyclic) bond motifs is 1. The number of phenolic OH excluding ortho intramolecular Hbond substituents is 1. The zero-order valence-electron chi connectivity index (χ0n) is 20.8. The van der Waals surface area contributed by atoms with E-state index in [4.69, 9.17) is 16.3 Å². The first-order valence-corrected chi connectivity index (χ1v) is 12.8. The molecule has 3 aromatic carbocycles.